The van der Waals surface area contributed by atoms with Crippen molar-refractivity contribution in [2.45, 2.75) is 6.92 Å². The number of benzene rings is 1. The third kappa shape index (κ3) is 1.16. The maximum Gasteiger partial charge on any atom is 0.161 e. The summed E-state index contributed by atoms with van der Waals surface area (Å²) in [6.07, 6.45) is 0. The quantitative estimate of drug-likeness (QED) is 0.464. The Morgan fingerprint density at radius 3 is 2.80 bits per heavy atom. The molecule has 1 aromatic rings. The molecule has 0 aliphatic rings. The average Bonchev–Trinajstić information content (AvgIpc) is 1.88. The van der Waals surface area contributed by atoms with Gasteiger partial charge in [-0.15, -0.1) is 0 Å². The van der Waals surface area contributed by atoms with E-state index in [2.05, 4.69) is 6.07 Å². The van der Waals surface area contributed by atoms with Crippen molar-refractivity contribution in [1.29, 1.82) is 0 Å². The van der Waals surface area contributed by atoms with Crippen LogP contribution in [0.4, 0.5) is 5.69 Å². The van der Waals surface area contributed by atoms with Crippen LogP contribution in [0.25, 0.3) is 0 Å². The molecule has 2 heteroatoms. The lowest BCUT2D eigenvalue weighted by Crippen LogP contribution is -1.98. The molecule has 0 aliphatic carbocycles. The van der Waals surface area contributed by atoms with E-state index in [0.717, 1.165) is 0 Å². The van der Waals surface area contributed by atoms with E-state index >= 15 is 0 Å². The van der Waals surface area contributed by atoms with Crippen molar-refractivity contribution in [3.63, 3.8) is 0 Å². The fourth-order valence-corrected chi connectivity index (χ4v) is 0.757. The van der Waals surface area contributed by atoms with Crippen molar-refractivity contribution in [2.75, 3.05) is 5.73 Å². The summed E-state index contributed by atoms with van der Waals surface area (Å²) in [5.74, 6) is -0.0191. The highest BCUT2D eigenvalue weighted by Crippen LogP contribution is 2.09. The molecule has 0 saturated heterocycles. The van der Waals surface area contributed by atoms with Gasteiger partial charge in [-0.05, 0) is 13.0 Å². The summed E-state index contributed by atoms with van der Waals surface area (Å²) in [4.78, 5) is 10.8. The second-order valence-electron chi connectivity index (χ2n) is 2.05. The smallest absolute Gasteiger partial charge is 0.161 e. The fraction of sp³-hybridized carbons (Fsp3) is 0.125. The van der Waals surface area contributed by atoms with E-state index in [9.17, 15) is 4.79 Å². The first-order valence-electron chi connectivity index (χ1n) is 2.99. The Kier molecular flexibility index (Phi) is 1.71. The molecule has 0 fully saturated rings. The molecule has 2 N–H and O–H groups in total. The van der Waals surface area contributed by atoms with Crippen molar-refractivity contribution >= 4 is 11.5 Å². The van der Waals surface area contributed by atoms with Crippen molar-refractivity contribution in [2.24, 2.45) is 0 Å². The summed E-state index contributed by atoms with van der Waals surface area (Å²) in [6.45, 7) is 1.49. The Hall–Kier alpha value is -1.31. The maximum absolute atomic E-state index is 10.8. The first kappa shape index (κ1) is 6.81. The first-order chi connectivity index (χ1) is 4.72. The summed E-state index contributed by atoms with van der Waals surface area (Å²) >= 11 is 0. The number of Topliss-reactive ketones (excluding diaryl/α,β-unsaturated/α-hetero) is 1. The van der Waals surface area contributed by atoms with E-state index in [-0.39, 0.29) is 5.78 Å². The van der Waals surface area contributed by atoms with Crippen LogP contribution in [0.5, 0.6) is 0 Å². The molecule has 0 heterocycles. The van der Waals surface area contributed by atoms with Crippen molar-refractivity contribution in [3.05, 3.63) is 29.8 Å². The lowest BCUT2D eigenvalue weighted by atomic mass is 10.1. The number of anilines is 1. The number of nitrogens with two attached hydrogens (primary N) is 1. The molecule has 0 spiro atoms. The zero-order chi connectivity index (χ0) is 7.56. The third-order valence-electron chi connectivity index (χ3n) is 1.27. The van der Waals surface area contributed by atoms with E-state index < -0.39 is 0 Å². The minimum absolute atomic E-state index is 0.0191. The summed E-state index contributed by atoms with van der Waals surface area (Å²) < 4.78 is 0. The Morgan fingerprint density at radius 1 is 1.70 bits per heavy atom. The molecule has 0 aliphatic heterocycles. The molecule has 0 atom stereocenters. The summed E-state index contributed by atoms with van der Waals surface area (Å²) in [6, 6.07) is 7.85. The number of nitrogen functional groups attached to an aromatic ring is 1. The molecule has 10 heavy (non-hydrogen) atoms. The van der Waals surface area contributed by atoms with E-state index in [1.807, 2.05) is 0 Å². The van der Waals surface area contributed by atoms with Gasteiger partial charge in [0.05, 0.1) is 5.69 Å². The molecule has 1 aromatic carbocycles. The summed E-state index contributed by atoms with van der Waals surface area (Å²) in [5.41, 5.74) is 6.42. The molecule has 0 saturated carbocycles. The zero-order valence-corrected chi connectivity index (χ0v) is 5.72. The van der Waals surface area contributed by atoms with Crippen LogP contribution < -0.4 is 5.73 Å². The summed E-state index contributed by atoms with van der Waals surface area (Å²) in [7, 11) is 0. The van der Waals surface area contributed by atoms with E-state index in [1.54, 1.807) is 18.2 Å². The molecule has 0 bridgehead atoms. The Bertz CT molecular complexity index is 255. The SMILES string of the molecule is CC(=O)c1ccc[c]c1N. The van der Waals surface area contributed by atoms with Gasteiger partial charge in [0, 0.05) is 11.6 Å². The van der Waals surface area contributed by atoms with Gasteiger partial charge in [-0.25, -0.2) is 0 Å². The number of para-hydroxylation sites is 1. The highest BCUT2D eigenvalue weighted by molar-refractivity contribution is 5.98. The first-order valence-corrected chi connectivity index (χ1v) is 2.99. The number of ketones is 1. The van der Waals surface area contributed by atoms with Gasteiger partial charge < -0.3 is 5.73 Å². The topological polar surface area (TPSA) is 43.1 Å². The van der Waals surface area contributed by atoms with Gasteiger partial charge in [0.25, 0.3) is 0 Å². The number of hydrogen-bond donors (Lipinski definition) is 1. The van der Waals surface area contributed by atoms with Gasteiger partial charge in [0.2, 0.25) is 0 Å². The molecule has 0 aromatic heterocycles. The van der Waals surface area contributed by atoms with Gasteiger partial charge >= 0.3 is 0 Å². The monoisotopic (exact) mass is 134 g/mol. The van der Waals surface area contributed by atoms with Crippen molar-refractivity contribution in [1.82, 2.24) is 0 Å². The van der Waals surface area contributed by atoms with Crippen LogP contribution in [0.1, 0.15) is 17.3 Å². The van der Waals surface area contributed by atoms with E-state index in [1.165, 1.54) is 6.92 Å². The Morgan fingerprint density at radius 2 is 2.40 bits per heavy atom. The highest BCUT2D eigenvalue weighted by Gasteiger charge is 2.00. The van der Waals surface area contributed by atoms with Gasteiger partial charge in [0.15, 0.2) is 5.78 Å². The molecule has 2 nitrogen and oxygen atoms in total. The standard InChI is InChI=1S/C8H8NO/c1-6(10)7-4-2-3-5-8(7)9/h2-4H,9H2,1H3. The predicted molar refractivity (Wildman–Crippen MR) is 39.7 cm³/mol. The number of carbonyl (C=O) groups excluding carboxylic acids is 1. The second-order valence-corrected chi connectivity index (χ2v) is 2.05. The van der Waals surface area contributed by atoms with Crippen LogP contribution in [-0.2, 0) is 0 Å². The maximum atomic E-state index is 10.8. The molecule has 1 radical (unpaired) electrons. The molecular formula is C8H8NO. The van der Waals surface area contributed by atoms with Crippen LogP contribution in [0.3, 0.4) is 0 Å². The third-order valence-corrected chi connectivity index (χ3v) is 1.27. The molecule has 0 amide bonds. The largest absolute Gasteiger partial charge is 0.398 e. The molecule has 0 unspecified atom stereocenters. The number of rotatable bonds is 1. The molecular weight excluding hydrogens is 126 g/mol. The number of carbonyl (C=O) groups is 1. The van der Waals surface area contributed by atoms with Gasteiger partial charge in [0.1, 0.15) is 0 Å². The van der Waals surface area contributed by atoms with Crippen LogP contribution in [-0.4, -0.2) is 5.78 Å². The summed E-state index contributed by atoms with van der Waals surface area (Å²) in [5, 5.41) is 0. The minimum atomic E-state index is -0.0191. The lowest BCUT2D eigenvalue weighted by molar-refractivity contribution is 0.101. The highest BCUT2D eigenvalue weighted by atomic mass is 16.1. The van der Waals surface area contributed by atoms with Gasteiger partial charge in [-0.3, -0.25) is 4.79 Å². The zero-order valence-electron chi connectivity index (χ0n) is 5.72. The van der Waals surface area contributed by atoms with Crippen LogP contribution >= 0.6 is 0 Å². The van der Waals surface area contributed by atoms with Crippen LogP contribution in [0.2, 0.25) is 0 Å². The fourth-order valence-electron chi connectivity index (χ4n) is 0.757. The van der Waals surface area contributed by atoms with E-state index in [0.29, 0.717) is 11.3 Å². The Balaban J connectivity index is 3.15. The van der Waals surface area contributed by atoms with E-state index in [4.69, 9.17) is 5.73 Å². The molecule has 51 valence electrons. The van der Waals surface area contributed by atoms with Crippen LogP contribution in [0, 0.1) is 6.07 Å². The normalized spacial score (nSPS) is 9.30. The minimum Gasteiger partial charge on any atom is -0.398 e. The van der Waals surface area contributed by atoms with Crippen molar-refractivity contribution < 1.29 is 4.79 Å². The average molecular weight is 134 g/mol. The van der Waals surface area contributed by atoms with Gasteiger partial charge in [-0.2, -0.15) is 0 Å². The Labute approximate surface area is 59.7 Å². The second kappa shape index (κ2) is 2.52. The molecule has 1 rings (SSSR count). The predicted octanol–water partition coefficient (Wildman–Crippen LogP) is 1.27. The number of hydrogen-bond acceptors (Lipinski definition) is 2. The lowest BCUT2D eigenvalue weighted by Gasteiger charge is -1.97. The van der Waals surface area contributed by atoms with Crippen molar-refractivity contribution in [3.8, 4) is 0 Å². The van der Waals surface area contributed by atoms with Gasteiger partial charge in [-0.1, -0.05) is 12.1 Å². The van der Waals surface area contributed by atoms with Crippen LogP contribution in [0.15, 0.2) is 18.2 Å².